The molecule has 1 amide bonds. The summed E-state index contributed by atoms with van der Waals surface area (Å²) in [6, 6.07) is 6.20. The topological polar surface area (TPSA) is 101 Å². The van der Waals surface area contributed by atoms with Gasteiger partial charge >= 0.3 is 0 Å². The standard InChI is InChI=1S/C11H17N3O3S/c1-2-13-11(15)8-14-18(16,17)10-5-3-9(7-12)4-6-10/h3-6,14H,2,7-8,12H2,1H3,(H,13,15). The van der Waals surface area contributed by atoms with Gasteiger partial charge in [0.25, 0.3) is 0 Å². The van der Waals surface area contributed by atoms with Crippen molar-refractivity contribution in [1.82, 2.24) is 10.0 Å². The molecule has 0 saturated heterocycles. The lowest BCUT2D eigenvalue weighted by molar-refractivity contribution is -0.119. The second-order valence-corrected chi connectivity index (χ2v) is 5.39. The normalized spacial score (nSPS) is 11.2. The van der Waals surface area contributed by atoms with Gasteiger partial charge in [0.1, 0.15) is 0 Å². The van der Waals surface area contributed by atoms with Crippen molar-refractivity contribution in [2.24, 2.45) is 5.73 Å². The summed E-state index contributed by atoms with van der Waals surface area (Å²) in [6.45, 7) is 2.31. The molecule has 1 aromatic carbocycles. The first kappa shape index (κ1) is 14.6. The first-order valence-corrected chi connectivity index (χ1v) is 7.03. The van der Waals surface area contributed by atoms with Crippen LogP contribution in [0.1, 0.15) is 12.5 Å². The molecule has 0 aliphatic heterocycles. The van der Waals surface area contributed by atoms with Gasteiger partial charge in [-0.1, -0.05) is 12.1 Å². The molecule has 100 valence electrons. The van der Waals surface area contributed by atoms with E-state index in [1.165, 1.54) is 12.1 Å². The Balaban J connectivity index is 2.70. The predicted molar refractivity (Wildman–Crippen MR) is 68.2 cm³/mol. The molecule has 18 heavy (non-hydrogen) atoms. The van der Waals surface area contributed by atoms with Gasteiger partial charge in [-0.3, -0.25) is 4.79 Å². The van der Waals surface area contributed by atoms with Crippen molar-refractivity contribution in [2.75, 3.05) is 13.1 Å². The van der Waals surface area contributed by atoms with Gasteiger partial charge in [0.15, 0.2) is 0 Å². The maximum atomic E-state index is 11.8. The molecule has 0 aliphatic rings. The minimum Gasteiger partial charge on any atom is -0.355 e. The fourth-order valence-electron chi connectivity index (χ4n) is 1.31. The van der Waals surface area contributed by atoms with Crippen molar-refractivity contribution < 1.29 is 13.2 Å². The van der Waals surface area contributed by atoms with E-state index in [4.69, 9.17) is 5.73 Å². The molecule has 1 rings (SSSR count). The molecule has 4 N–H and O–H groups in total. The number of carbonyl (C=O) groups excluding carboxylic acids is 1. The van der Waals surface area contributed by atoms with Gasteiger partial charge < -0.3 is 11.1 Å². The maximum absolute atomic E-state index is 11.8. The van der Waals surface area contributed by atoms with Crippen LogP contribution in [0.4, 0.5) is 0 Å². The van der Waals surface area contributed by atoms with Crippen LogP contribution >= 0.6 is 0 Å². The molecule has 0 aliphatic carbocycles. The fourth-order valence-corrected chi connectivity index (χ4v) is 2.29. The number of hydrogen-bond acceptors (Lipinski definition) is 4. The summed E-state index contributed by atoms with van der Waals surface area (Å²) < 4.78 is 25.9. The Bertz CT molecular complexity index is 497. The maximum Gasteiger partial charge on any atom is 0.241 e. The summed E-state index contributed by atoms with van der Waals surface area (Å²) in [5, 5.41) is 2.51. The van der Waals surface area contributed by atoms with Crippen LogP contribution < -0.4 is 15.8 Å². The lowest BCUT2D eigenvalue weighted by atomic mass is 10.2. The summed E-state index contributed by atoms with van der Waals surface area (Å²) in [6.07, 6.45) is 0. The molecule has 0 radical (unpaired) electrons. The Labute approximate surface area is 107 Å². The molecule has 0 heterocycles. The van der Waals surface area contributed by atoms with E-state index in [9.17, 15) is 13.2 Å². The lowest BCUT2D eigenvalue weighted by Crippen LogP contribution is -2.36. The van der Waals surface area contributed by atoms with E-state index in [1.807, 2.05) is 0 Å². The van der Waals surface area contributed by atoms with Crippen LogP contribution in [0.25, 0.3) is 0 Å². The Morgan fingerprint density at radius 3 is 2.39 bits per heavy atom. The summed E-state index contributed by atoms with van der Waals surface area (Å²) >= 11 is 0. The lowest BCUT2D eigenvalue weighted by Gasteiger charge is -2.07. The largest absolute Gasteiger partial charge is 0.355 e. The van der Waals surface area contributed by atoms with Crippen LogP contribution in [0.2, 0.25) is 0 Å². The summed E-state index contributed by atoms with van der Waals surface area (Å²) in [5.41, 5.74) is 6.27. The van der Waals surface area contributed by atoms with E-state index in [1.54, 1.807) is 19.1 Å². The zero-order valence-electron chi connectivity index (χ0n) is 10.1. The van der Waals surface area contributed by atoms with Crippen molar-refractivity contribution in [1.29, 1.82) is 0 Å². The summed E-state index contributed by atoms with van der Waals surface area (Å²) in [4.78, 5) is 11.3. The van der Waals surface area contributed by atoms with Crippen molar-refractivity contribution >= 4 is 15.9 Å². The molecule has 0 spiro atoms. The molecule has 0 fully saturated rings. The third kappa shape index (κ3) is 4.10. The average Bonchev–Trinajstić information content (AvgIpc) is 2.37. The van der Waals surface area contributed by atoms with Crippen LogP contribution in [0.15, 0.2) is 29.2 Å². The molecular formula is C11H17N3O3S. The number of nitrogens with one attached hydrogen (secondary N) is 2. The van der Waals surface area contributed by atoms with Gasteiger partial charge in [0.05, 0.1) is 11.4 Å². The van der Waals surface area contributed by atoms with Crippen molar-refractivity contribution in [3.8, 4) is 0 Å². The Hall–Kier alpha value is -1.44. The molecule has 1 aromatic rings. The van der Waals surface area contributed by atoms with Gasteiger partial charge in [-0.05, 0) is 24.6 Å². The van der Waals surface area contributed by atoms with Crippen LogP contribution in [-0.2, 0) is 21.4 Å². The number of sulfonamides is 1. The third-order valence-corrected chi connectivity index (χ3v) is 3.68. The summed E-state index contributed by atoms with van der Waals surface area (Å²) in [5.74, 6) is -0.361. The SMILES string of the molecule is CCNC(=O)CNS(=O)(=O)c1ccc(CN)cc1. The van der Waals surface area contributed by atoms with Gasteiger partial charge in [-0.25, -0.2) is 13.1 Å². The number of rotatable bonds is 6. The number of likely N-dealkylation sites (N-methyl/N-ethyl adjacent to an activating group) is 1. The highest BCUT2D eigenvalue weighted by atomic mass is 32.2. The highest BCUT2D eigenvalue weighted by Gasteiger charge is 2.14. The molecule has 6 nitrogen and oxygen atoms in total. The Morgan fingerprint density at radius 2 is 1.89 bits per heavy atom. The third-order valence-electron chi connectivity index (χ3n) is 2.27. The zero-order valence-corrected chi connectivity index (χ0v) is 11.0. The van der Waals surface area contributed by atoms with Crippen molar-refractivity contribution in [2.45, 2.75) is 18.4 Å². The highest BCUT2D eigenvalue weighted by molar-refractivity contribution is 7.89. The van der Waals surface area contributed by atoms with E-state index in [2.05, 4.69) is 10.0 Å². The highest BCUT2D eigenvalue weighted by Crippen LogP contribution is 2.09. The molecule has 0 unspecified atom stereocenters. The number of benzene rings is 1. The van der Waals surface area contributed by atoms with Crippen LogP contribution in [0.5, 0.6) is 0 Å². The first-order chi connectivity index (χ1) is 8.49. The number of nitrogens with two attached hydrogens (primary N) is 1. The molecule has 0 saturated carbocycles. The molecule has 0 aromatic heterocycles. The predicted octanol–water partition coefficient (Wildman–Crippen LogP) is -0.440. The molecular weight excluding hydrogens is 254 g/mol. The number of carbonyl (C=O) groups is 1. The van der Waals surface area contributed by atoms with Crippen LogP contribution in [-0.4, -0.2) is 27.4 Å². The molecule has 0 atom stereocenters. The molecule has 0 bridgehead atoms. The van der Waals surface area contributed by atoms with Gasteiger partial charge in [0, 0.05) is 13.1 Å². The monoisotopic (exact) mass is 271 g/mol. The van der Waals surface area contributed by atoms with Gasteiger partial charge in [0.2, 0.25) is 15.9 Å². The van der Waals surface area contributed by atoms with E-state index >= 15 is 0 Å². The van der Waals surface area contributed by atoms with Gasteiger partial charge in [-0.2, -0.15) is 0 Å². The number of hydrogen-bond donors (Lipinski definition) is 3. The van der Waals surface area contributed by atoms with Crippen LogP contribution in [0, 0.1) is 0 Å². The zero-order chi connectivity index (χ0) is 13.6. The average molecular weight is 271 g/mol. The van der Waals surface area contributed by atoms with Gasteiger partial charge in [-0.15, -0.1) is 0 Å². The smallest absolute Gasteiger partial charge is 0.241 e. The second-order valence-electron chi connectivity index (χ2n) is 3.63. The second kappa shape index (κ2) is 6.48. The molecule has 7 heteroatoms. The van der Waals surface area contributed by atoms with Crippen molar-refractivity contribution in [3.63, 3.8) is 0 Å². The fraction of sp³-hybridized carbons (Fsp3) is 0.364. The van der Waals surface area contributed by atoms with E-state index in [0.717, 1.165) is 5.56 Å². The van der Waals surface area contributed by atoms with Crippen molar-refractivity contribution in [3.05, 3.63) is 29.8 Å². The minimum absolute atomic E-state index is 0.115. The first-order valence-electron chi connectivity index (χ1n) is 5.55. The Morgan fingerprint density at radius 1 is 1.28 bits per heavy atom. The quantitative estimate of drug-likeness (QED) is 0.653. The van der Waals surface area contributed by atoms with Crippen LogP contribution in [0.3, 0.4) is 0 Å². The van der Waals surface area contributed by atoms with E-state index < -0.39 is 10.0 Å². The van der Waals surface area contributed by atoms with E-state index in [0.29, 0.717) is 13.1 Å². The minimum atomic E-state index is -3.65. The van der Waals surface area contributed by atoms with E-state index in [-0.39, 0.29) is 17.3 Å². The Kier molecular flexibility index (Phi) is 5.26. The number of amides is 1. The summed E-state index contributed by atoms with van der Waals surface area (Å²) in [7, 11) is -3.65.